The number of ether oxygens (including phenoxy) is 2. The van der Waals surface area contributed by atoms with E-state index in [9.17, 15) is 43.8 Å². The summed E-state index contributed by atoms with van der Waals surface area (Å²) in [6, 6.07) is 0. The number of unbranched alkanes of at least 4 members (excludes halogenated alkanes) is 17. The Morgan fingerprint density at radius 3 is 1.11 bits per heavy atom. The van der Waals surface area contributed by atoms with E-state index in [1.807, 2.05) is 54.7 Å². The fraction of sp³-hybridized carbons (Fsp3) is 0.733. The molecule has 62 heavy (non-hydrogen) atoms. The Balaban J connectivity index is 3.95. The molecule has 5 N–H and O–H groups in total. The van der Waals surface area contributed by atoms with Gasteiger partial charge in [0.15, 0.2) is 0 Å². The van der Waals surface area contributed by atoms with Crippen LogP contribution < -0.4 is 0 Å². The van der Waals surface area contributed by atoms with Gasteiger partial charge in [-0.1, -0.05) is 171 Å². The third-order valence-corrected chi connectivity index (χ3v) is 11.0. The van der Waals surface area contributed by atoms with Gasteiger partial charge >= 0.3 is 27.6 Å². The molecule has 0 fully saturated rings. The first-order valence-electron chi connectivity index (χ1n) is 22.7. The molecule has 17 heteroatoms. The van der Waals surface area contributed by atoms with E-state index in [4.69, 9.17) is 9.47 Å². The smallest absolute Gasteiger partial charge is 0.463 e. The molecule has 15 nitrogen and oxygen atoms in total. The zero-order chi connectivity index (χ0) is 46.0. The number of hydrogen-bond donors (Lipinski definition) is 5. The number of carbonyl (C=O) groups is 2. The molecule has 0 aliphatic carbocycles. The summed E-state index contributed by atoms with van der Waals surface area (Å²) < 4.78 is 52.9. The largest absolute Gasteiger partial charge is 0.472 e. The van der Waals surface area contributed by atoms with Crippen molar-refractivity contribution >= 4 is 27.6 Å². The second-order valence-corrected chi connectivity index (χ2v) is 18.1. The molecule has 0 aromatic heterocycles. The van der Waals surface area contributed by atoms with Gasteiger partial charge in [-0.2, -0.15) is 0 Å². The SMILES string of the molecule is CC/C=C/C=C/C=C\C=C/C=C/CCCCCC(=O)OCC(O)COP(=O)(O)OCC(O)COP(=O)(O)OCC(O)COC(=O)CCCCCCCCCCCCCCCCC. The average Bonchev–Trinajstić information content (AvgIpc) is 3.24. The van der Waals surface area contributed by atoms with Gasteiger partial charge in [-0.05, 0) is 32.1 Å². The lowest BCUT2D eigenvalue weighted by Gasteiger charge is -2.19. The van der Waals surface area contributed by atoms with Crippen LogP contribution in [0.4, 0.5) is 0 Å². The summed E-state index contributed by atoms with van der Waals surface area (Å²) in [5.74, 6) is -1.04. The van der Waals surface area contributed by atoms with Gasteiger partial charge in [-0.15, -0.1) is 0 Å². The highest BCUT2D eigenvalue weighted by atomic mass is 31.2. The maximum atomic E-state index is 12.1. The predicted molar refractivity (Wildman–Crippen MR) is 242 cm³/mol. The minimum Gasteiger partial charge on any atom is -0.463 e. The molecule has 0 saturated carbocycles. The highest BCUT2D eigenvalue weighted by Gasteiger charge is 2.28. The van der Waals surface area contributed by atoms with E-state index in [1.54, 1.807) is 0 Å². The number of esters is 2. The molecule has 0 rings (SSSR count). The number of allylic oxidation sites excluding steroid dienone is 10. The molecule has 0 saturated heterocycles. The third kappa shape index (κ3) is 43.0. The van der Waals surface area contributed by atoms with E-state index in [1.165, 1.54) is 70.6 Å². The van der Waals surface area contributed by atoms with Crippen molar-refractivity contribution in [2.24, 2.45) is 0 Å². The van der Waals surface area contributed by atoms with E-state index >= 15 is 0 Å². The van der Waals surface area contributed by atoms with Crippen LogP contribution in [0.25, 0.3) is 0 Å². The van der Waals surface area contributed by atoms with Crippen molar-refractivity contribution in [3.8, 4) is 0 Å². The quantitative estimate of drug-likeness (QED) is 0.0166. The van der Waals surface area contributed by atoms with E-state index in [-0.39, 0.29) is 12.8 Å². The van der Waals surface area contributed by atoms with Gasteiger partial charge in [0.25, 0.3) is 0 Å². The topological polar surface area (TPSA) is 225 Å². The highest BCUT2D eigenvalue weighted by molar-refractivity contribution is 7.47. The first kappa shape index (κ1) is 59.7. The number of carbonyl (C=O) groups excluding carboxylic acids is 2. The Morgan fingerprint density at radius 2 is 0.742 bits per heavy atom. The zero-order valence-electron chi connectivity index (χ0n) is 37.5. The van der Waals surface area contributed by atoms with Crippen LogP contribution in [-0.2, 0) is 46.3 Å². The van der Waals surface area contributed by atoms with Crippen molar-refractivity contribution in [3.63, 3.8) is 0 Å². The van der Waals surface area contributed by atoms with Gasteiger partial charge in [0.2, 0.25) is 0 Å². The van der Waals surface area contributed by atoms with Crippen LogP contribution in [0.3, 0.4) is 0 Å². The van der Waals surface area contributed by atoms with Crippen molar-refractivity contribution in [1.82, 2.24) is 0 Å². The summed E-state index contributed by atoms with van der Waals surface area (Å²) in [6.45, 7) is 0.214. The molecule has 0 amide bonds. The molecule has 0 aliphatic rings. The normalized spacial score (nSPS) is 15.8. The average molecular weight is 923 g/mol. The Hall–Kier alpha value is -2.26. The summed E-state index contributed by atoms with van der Waals surface area (Å²) in [5, 5.41) is 30.0. The summed E-state index contributed by atoms with van der Waals surface area (Å²) in [7, 11) is -9.58. The second kappa shape index (κ2) is 41.4. The molecule has 0 radical (unpaired) electrons. The summed E-state index contributed by atoms with van der Waals surface area (Å²) >= 11 is 0. The van der Waals surface area contributed by atoms with Crippen molar-refractivity contribution in [1.29, 1.82) is 0 Å². The van der Waals surface area contributed by atoms with Crippen molar-refractivity contribution in [2.45, 2.75) is 173 Å². The molecule has 0 aromatic rings. The maximum absolute atomic E-state index is 12.1. The first-order valence-corrected chi connectivity index (χ1v) is 25.7. The predicted octanol–water partition coefficient (Wildman–Crippen LogP) is 9.83. The third-order valence-electron chi connectivity index (χ3n) is 9.12. The Labute approximate surface area is 371 Å². The van der Waals surface area contributed by atoms with Gasteiger partial charge in [0.1, 0.15) is 31.5 Å². The fourth-order valence-corrected chi connectivity index (χ4v) is 7.18. The highest BCUT2D eigenvalue weighted by Crippen LogP contribution is 2.45. The van der Waals surface area contributed by atoms with Gasteiger partial charge < -0.3 is 34.6 Å². The van der Waals surface area contributed by atoms with Crippen LogP contribution in [0, 0.1) is 0 Å². The minimum atomic E-state index is -4.79. The second-order valence-electron chi connectivity index (χ2n) is 15.2. The van der Waals surface area contributed by atoms with Crippen LogP contribution in [0.1, 0.15) is 155 Å². The van der Waals surface area contributed by atoms with Crippen LogP contribution in [-0.4, -0.2) is 95.0 Å². The lowest BCUT2D eigenvalue weighted by Crippen LogP contribution is -2.25. The number of phosphoric acid groups is 2. The Kier molecular flexibility index (Phi) is 39.9. The minimum absolute atomic E-state index is 0.145. The first-order chi connectivity index (χ1) is 29.8. The summed E-state index contributed by atoms with van der Waals surface area (Å²) in [4.78, 5) is 43.7. The van der Waals surface area contributed by atoms with E-state index in [0.717, 1.165) is 44.9 Å². The fourth-order valence-electron chi connectivity index (χ4n) is 5.59. The number of rotatable bonds is 43. The zero-order valence-corrected chi connectivity index (χ0v) is 39.3. The molecule has 0 spiro atoms. The summed E-state index contributed by atoms with van der Waals surface area (Å²) in [6.07, 6.45) is 37.9. The van der Waals surface area contributed by atoms with Crippen LogP contribution >= 0.6 is 15.6 Å². The molecule has 0 bridgehead atoms. The number of hydrogen-bond acceptors (Lipinski definition) is 13. The molecule has 0 aliphatic heterocycles. The molecule has 360 valence electrons. The lowest BCUT2D eigenvalue weighted by atomic mass is 10.0. The van der Waals surface area contributed by atoms with Crippen molar-refractivity contribution < 1.29 is 71.4 Å². The van der Waals surface area contributed by atoms with Gasteiger partial charge in [0, 0.05) is 12.8 Å². The van der Waals surface area contributed by atoms with E-state index in [0.29, 0.717) is 12.8 Å². The van der Waals surface area contributed by atoms with Gasteiger partial charge in [0.05, 0.1) is 26.4 Å². The van der Waals surface area contributed by atoms with Crippen LogP contribution in [0.15, 0.2) is 60.8 Å². The van der Waals surface area contributed by atoms with Gasteiger partial charge in [-0.25, -0.2) is 9.13 Å². The monoisotopic (exact) mass is 922 g/mol. The molecular weight excluding hydrogens is 842 g/mol. The van der Waals surface area contributed by atoms with E-state index in [2.05, 4.69) is 38.0 Å². The Bertz CT molecular complexity index is 1350. The van der Waals surface area contributed by atoms with Crippen molar-refractivity contribution in [2.75, 3.05) is 39.6 Å². The number of phosphoric ester groups is 2. The molecule has 0 heterocycles. The molecule has 5 atom stereocenters. The van der Waals surface area contributed by atoms with E-state index < -0.39 is 85.5 Å². The summed E-state index contributed by atoms with van der Waals surface area (Å²) in [5.41, 5.74) is 0. The molecule has 5 unspecified atom stereocenters. The van der Waals surface area contributed by atoms with Gasteiger partial charge in [-0.3, -0.25) is 27.7 Å². The molecule has 0 aromatic carbocycles. The van der Waals surface area contributed by atoms with Crippen LogP contribution in [0.5, 0.6) is 0 Å². The Morgan fingerprint density at radius 1 is 0.435 bits per heavy atom. The standard InChI is InChI=1S/C45H80O15P2/c1-3-5-7-9-11-13-15-17-19-21-23-25-27-29-31-33-44(49)55-35-41(46)37-57-61(51,52)59-39-43(48)40-60-62(53,54)58-38-42(47)36-56-45(50)34-32-30-28-26-24-22-20-18-16-14-12-10-8-6-4-2/h5,7,9,11,13,15,17,19,21,23,41-43,46-48H,3-4,6,8,10,12,14,16,18,20,22,24-40H2,1-2H3,(H,51,52)(H,53,54)/b7-5+,11-9+,15-13-,19-17-,23-21+. The maximum Gasteiger partial charge on any atom is 0.472 e. The van der Waals surface area contributed by atoms with Crippen molar-refractivity contribution in [3.05, 3.63) is 60.8 Å². The molecular formula is C45H80O15P2. The number of aliphatic hydroxyl groups is 3. The van der Waals surface area contributed by atoms with Crippen LogP contribution in [0.2, 0.25) is 0 Å². The lowest BCUT2D eigenvalue weighted by molar-refractivity contribution is -0.148. The number of aliphatic hydroxyl groups excluding tert-OH is 3.